The largest absolute Gasteiger partial charge is 0.466 e. The first-order valence-electron chi connectivity index (χ1n) is 5.43. The van der Waals surface area contributed by atoms with Crippen LogP contribution in [0.1, 0.15) is 27.2 Å². The molecule has 0 aromatic rings. The van der Waals surface area contributed by atoms with Gasteiger partial charge in [-0.1, -0.05) is 0 Å². The number of hydrogen-bond donors (Lipinski definition) is 1. The Hall–Kier alpha value is -1.14. The summed E-state index contributed by atoms with van der Waals surface area (Å²) >= 11 is 0. The monoisotopic (exact) mass is 247 g/mol. The molecular formula is C11H21NO5. The molecule has 1 amide bonds. The highest BCUT2D eigenvalue weighted by Crippen LogP contribution is 2.25. The van der Waals surface area contributed by atoms with Gasteiger partial charge in [0.2, 0.25) is 5.91 Å². The zero-order chi connectivity index (χ0) is 13.6. The van der Waals surface area contributed by atoms with Crippen molar-refractivity contribution < 1.29 is 24.3 Å². The van der Waals surface area contributed by atoms with Gasteiger partial charge in [0.15, 0.2) is 0 Å². The number of rotatable bonds is 6. The van der Waals surface area contributed by atoms with Gasteiger partial charge >= 0.3 is 5.97 Å². The molecule has 0 saturated carbocycles. The molecular weight excluding hydrogens is 226 g/mol. The maximum atomic E-state index is 11.6. The van der Waals surface area contributed by atoms with Crippen molar-refractivity contribution in [1.82, 2.24) is 5.06 Å². The first kappa shape index (κ1) is 15.9. The molecule has 0 radical (unpaired) electrons. The van der Waals surface area contributed by atoms with Crippen LogP contribution in [0.2, 0.25) is 0 Å². The first-order valence-corrected chi connectivity index (χ1v) is 5.43. The molecule has 100 valence electrons. The lowest BCUT2D eigenvalue weighted by atomic mass is 9.84. The molecule has 0 aliphatic heterocycles. The molecule has 0 aliphatic rings. The van der Waals surface area contributed by atoms with Gasteiger partial charge in [0.25, 0.3) is 0 Å². The van der Waals surface area contributed by atoms with E-state index >= 15 is 0 Å². The van der Waals surface area contributed by atoms with E-state index in [1.807, 2.05) is 0 Å². The fourth-order valence-corrected chi connectivity index (χ4v) is 1.10. The summed E-state index contributed by atoms with van der Waals surface area (Å²) in [6, 6.07) is 0. The molecule has 6 nitrogen and oxygen atoms in total. The summed E-state index contributed by atoms with van der Waals surface area (Å²) in [4.78, 5) is 27.8. The Labute approximate surface area is 101 Å². The minimum absolute atomic E-state index is 0.198. The molecule has 0 spiro atoms. The highest BCUT2D eigenvalue weighted by Gasteiger charge is 2.38. The third-order valence-corrected chi connectivity index (χ3v) is 2.63. The highest BCUT2D eigenvalue weighted by molar-refractivity contribution is 5.80. The molecule has 6 heteroatoms. The maximum absolute atomic E-state index is 11.6. The molecule has 0 bridgehead atoms. The SMILES string of the molecule is CCOC(=O)C(C)(C)[C@@H](O)CC(=O)N(C)OC. The van der Waals surface area contributed by atoms with Gasteiger partial charge in [-0.2, -0.15) is 0 Å². The van der Waals surface area contributed by atoms with Crippen LogP contribution in [0.3, 0.4) is 0 Å². The third kappa shape index (κ3) is 4.32. The summed E-state index contributed by atoms with van der Waals surface area (Å²) in [5.74, 6) is -0.933. The normalized spacial score (nSPS) is 13.1. The van der Waals surface area contributed by atoms with E-state index in [0.717, 1.165) is 5.06 Å². The second-order valence-electron chi connectivity index (χ2n) is 4.24. The van der Waals surface area contributed by atoms with Crippen molar-refractivity contribution in [3.8, 4) is 0 Å². The van der Waals surface area contributed by atoms with Crippen molar-refractivity contribution in [2.75, 3.05) is 20.8 Å². The Balaban J connectivity index is 4.53. The van der Waals surface area contributed by atoms with Crippen molar-refractivity contribution in [2.24, 2.45) is 5.41 Å². The van der Waals surface area contributed by atoms with Gasteiger partial charge in [0.05, 0.1) is 31.7 Å². The van der Waals surface area contributed by atoms with Crippen molar-refractivity contribution in [3.05, 3.63) is 0 Å². The Morgan fingerprint density at radius 2 is 1.94 bits per heavy atom. The van der Waals surface area contributed by atoms with E-state index in [0.29, 0.717) is 0 Å². The molecule has 0 aromatic heterocycles. The Morgan fingerprint density at radius 3 is 2.35 bits per heavy atom. The number of esters is 1. The van der Waals surface area contributed by atoms with Gasteiger partial charge in [-0.05, 0) is 20.8 Å². The van der Waals surface area contributed by atoms with Gasteiger partial charge in [-0.3, -0.25) is 14.4 Å². The number of aliphatic hydroxyl groups excluding tert-OH is 1. The minimum Gasteiger partial charge on any atom is -0.466 e. The Bertz CT molecular complexity index is 277. The summed E-state index contributed by atoms with van der Waals surface area (Å²) < 4.78 is 4.84. The van der Waals surface area contributed by atoms with Crippen LogP contribution < -0.4 is 0 Å². The van der Waals surface area contributed by atoms with Gasteiger partial charge < -0.3 is 9.84 Å². The molecule has 1 N–H and O–H groups in total. The topological polar surface area (TPSA) is 76.1 Å². The van der Waals surface area contributed by atoms with Crippen LogP contribution in [0.25, 0.3) is 0 Å². The summed E-state index contributed by atoms with van der Waals surface area (Å²) in [7, 11) is 2.78. The zero-order valence-corrected chi connectivity index (χ0v) is 11.0. The van der Waals surface area contributed by atoms with Crippen molar-refractivity contribution in [1.29, 1.82) is 0 Å². The number of hydroxylamine groups is 2. The second kappa shape index (κ2) is 6.56. The average molecular weight is 247 g/mol. The lowest BCUT2D eigenvalue weighted by Gasteiger charge is -2.28. The fraction of sp³-hybridized carbons (Fsp3) is 0.818. The second-order valence-corrected chi connectivity index (χ2v) is 4.24. The van der Waals surface area contributed by atoms with Gasteiger partial charge in [-0.25, -0.2) is 5.06 Å². The van der Waals surface area contributed by atoms with Crippen LogP contribution in [0, 0.1) is 5.41 Å². The third-order valence-electron chi connectivity index (χ3n) is 2.63. The van der Waals surface area contributed by atoms with E-state index in [2.05, 4.69) is 4.84 Å². The number of carbonyl (C=O) groups is 2. The van der Waals surface area contributed by atoms with Crippen LogP contribution in [0.15, 0.2) is 0 Å². The molecule has 17 heavy (non-hydrogen) atoms. The quantitative estimate of drug-likeness (QED) is 0.541. The number of aliphatic hydroxyl groups is 1. The molecule has 0 fully saturated rings. The summed E-state index contributed by atoms with van der Waals surface area (Å²) in [6.07, 6.45) is -1.32. The first-order chi connectivity index (χ1) is 7.77. The van der Waals surface area contributed by atoms with Crippen LogP contribution in [0.4, 0.5) is 0 Å². The Kier molecular flexibility index (Phi) is 6.12. The molecule has 0 saturated heterocycles. The molecule has 0 aromatic carbocycles. The lowest BCUT2D eigenvalue weighted by molar-refractivity contribution is -0.175. The fourth-order valence-electron chi connectivity index (χ4n) is 1.10. The van der Waals surface area contributed by atoms with Crippen LogP contribution in [-0.4, -0.2) is 48.9 Å². The van der Waals surface area contributed by atoms with Crippen molar-refractivity contribution in [2.45, 2.75) is 33.3 Å². The molecule has 1 atom stereocenters. The summed E-state index contributed by atoms with van der Waals surface area (Å²) in [6.45, 7) is 5.00. The van der Waals surface area contributed by atoms with E-state index in [1.54, 1.807) is 6.92 Å². The van der Waals surface area contributed by atoms with Crippen LogP contribution >= 0.6 is 0 Å². The molecule has 0 heterocycles. The summed E-state index contributed by atoms with van der Waals surface area (Å²) in [5.41, 5.74) is -1.12. The zero-order valence-electron chi connectivity index (χ0n) is 11.0. The van der Waals surface area contributed by atoms with Crippen LogP contribution in [-0.2, 0) is 19.2 Å². The smallest absolute Gasteiger partial charge is 0.314 e. The van der Waals surface area contributed by atoms with Crippen LogP contribution in [0.5, 0.6) is 0 Å². The van der Waals surface area contributed by atoms with E-state index in [-0.39, 0.29) is 13.0 Å². The summed E-state index contributed by atoms with van der Waals surface area (Å²) in [5, 5.41) is 10.9. The predicted molar refractivity (Wildman–Crippen MR) is 60.8 cm³/mol. The number of ether oxygens (including phenoxy) is 1. The Morgan fingerprint density at radius 1 is 1.41 bits per heavy atom. The van der Waals surface area contributed by atoms with E-state index in [1.165, 1.54) is 28.0 Å². The van der Waals surface area contributed by atoms with Gasteiger partial charge in [-0.15, -0.1) is 0 Å². The van der Waals surface area contributed by atoms with Crippen molar-refractivity contribution >= 4 is 11.9 Å². The number of hydrogen-bond acceptors (Lipinski definition) is 5. The number of amides is 1. The number of carbonyl (C=O) groups excluding carboxylic acids is 2. The maximum Gasteiger partial charge on any atom is 0.314 e. The van der Waals surface area contributed by atoms with Gasteiger partial charge in [0, 0.05) is 7.05 Å². The van der Waals surface area contributed by atoms with E-state index in [9.17, 15) is 14.7 Å². The van der Waals surface area contributed by atoms with E-state index in [4.69, 9.17) is 4.74 Å². The standard InChI is InChI=1S/C11H21NO5/c1-6-17-10(15)11(2,3)8(13)7-9(14)12(4)16-5/h8,13H,6-7H2,1-5H3/t8-/m0/s1. The molecule has 0 rings (SSSR count). The molecule has 0 unspecified atom stereocenters. The van der Waals surface area contributed by atoms with E-state index < -0.39 is 23.4 Å². The predicted octanol–water partition coefficient (Wildman–Crippen LogP) is 0.347. The minimum atomic E-state index is -1.12. The highest BCUT2D eigenvalue weighted by atomic mass is 16.7. The molecule has 0 aliphatic carbocycles. The van der Waals surface area contributed by atoms with Crippen molar-refractivity contribution in [3.63, 3.8) is 0 Å². The lowest BCUT2D eigenvalue weighted by Crippen LogP contribution is -2.42. The average Bonchev–Trinajstić information content (AvgIpc) is 2.27. The van der Waals surface area contributed by atoms with Gasteiger partial charge in [0.1, 0.15) is 0 Å². The number of nitrogens with zero attached hydrogens (tertiary/aromatic N) is 1.